The maximum Gasteiger partial charge on any atom is 0.336 e. The molecule has 1 aliphatic rings. The summed E-state index contributed by atoms with van der Waals surface area (Å²) in [5.74, 6) is -0.170. The van der Waals surface area contributed by atoms with Crippen LogP contribution < -0.4 is 5.32 Å². The Hall–Kier alpha value is -2.03. The molecule has 3 nitrogen and oxygen atoms in total. The van der Waals surface area contributed by atoms with Crippen LogP contribution in [-0.2, 0) is 0 Å². The molecule has 3 rings (SSSR count). The molecule has 0 heterocycles. The van der Waals surface area contributed by atoms with E-state index >= 15 is 0 Å². The molecule has 20 heavy (non-hydrogen) atoms. The van der Waals surface area contributed by atoms with Crippen molar-refractivity contribution in [2.45, 2.75) is 20.3 Å². The van der Waals surface area contributed by atoms with Crippen LogP contribution in [0.3, 0.4) is 0 Å². The van der Waals surface area contributed by atoms with Gasteiger partial charge in [0.05, 0.1) is 5.56 Å². The maximum atomic E-state index is 11.3. The second-order valence-electron chi connectivity index (χ2n) is 6.28. The Morgan fingerprint density at radius 1 is 1.25 bits per heavy atom. The Balaban J connectivity index is 1.92. The Kier molecular flexibility index (Phi) is 2.93. The Morgan fingerprint density at radius 2 is 1.90 bits per heavy atom. The molecule has 1 unspecified atom stereocenters. The van der Waals surface area contributed by atoms with Crippen LogP contribution in [0.4, 0.5) is 5.69 Å². The number of benzene rings is 2. The number of rotatable bonds is 4. The Morgan fingerprint density at radius 3 is 2.50 bits per heavy atom. The van der Waals surface area contributed by atoms with Crippen molar-refractivity contribution in [2.24, 2.45) is 11.3 Å². The van der Waals surface area contributed by atoms with Crippen LogP contribution in [0.5, 0.6) is 0 Å². The molecule has 0 amide bonds. The van der Waals surface area contributed by atoms with E-state index in [1.54, 1.807) is 6.07 Å². The van der Waals surface area contributed by atoms with Crippen molar-refractivity contribution >= 4 is 22.4 Å². The third-order valence-corrected chi connectivity index (χ3v) is 4.41. The van der Waals surface area contributed by atoms with Crippen LogP contribution in [0, 0.1) is 11.3 Å². The van der Waals surface area contributed by atoms with Crippen molar-refractivity contribution < 1.29 is 9.90 Å². The zero-order chi connectivity index (χ0) is 14.3. The first-order valence-electron chi connectivity index (χ1n) is 6.98. The highest BCUT2D eigenvalue weighted by Gasteiger charge is 2.44. The average Bonchev–Trinajstić information content (AvgIpc) is 3.03. The van der Waals surface area contributed by atoms with Crippen LogP contribution in [0.1, 0.15) is 30.6 Å². The lowest BCUT2D eigenvalue weighted by Gasteiger charge is -2.12. The van der Waals surface area contributed by atoms with E-state index in [0.717, 1.165) is 23.0 Å². The number of carboxylic acids is 1. The highest BCUT2D eigenvalue weighted by molar-refractivity contribution is 6.07. The van der Waals surface area contributed by atoms with E-state index in [1.165, 1.54) is 6.42 Å². The van der Waals surface area contributed by atoms with Gasteiger partial charge in [0.15, 0.2) is 0 Å². The fourth-order valence-corrected chi connectivity index (χ4v) is 2.80. The molecule has 1 saturated carbocycles. The summed E-state index contributed by atoms with van der Waals surface area (Å²) in [5, 5.41) is 14.5. The van der Waals surface area contributed by atoms with Gasteiger partial charge in [-0.3, -0.25) is 0 Å². The second kappa shape index (κ2) is 4.51. The SMILES string of the molecule is CC1(C)CC1CNc1ccc(C(=O)O)c2ccccc12. The van der Waals surface area contributed by atoms with Gasteiger partial charge in [0.25, 0.3) is 0 Å². The van der Waals surface area contributed by atoms with E-state index in [2.05, 4.69) is 19.2 Å². The topological polar surface area (TPSA) is 49.3 Å². The molecule has 0 bridgehead atoms. The van der Waals surface area contributed by atoms with Gasteiger partial charge in [-0.15, -0.1) is 0 Å². The summed E-state index contributed by atoms with van der Waals surface area (Å²) in [6.45, 7) is 5.51. The van der Waals surface area contributed by atoms with Crippen LogP contribution in [-0.4, -0.2) is 17.6 Å². The van der Waals surface area contributed by atoms with Crippen molar-refractivity contribution in [2.75, 3.05) is 11.9 Å². The van der Waals surface area contributed by atoms with Gasteiger partial charge in [-0.05, 0) is 35.3 Å². The number of fused-ring (bicyclic) bond motifs is 1. The van der Waals surface area contributed by atoms with Crippen LogP contribution in [0.2, 0.25) is 0 Å². The number of carboxylic acid groups (broad SMARTS) is 1. The molecule has 1 fully saturated rings. The van der Waals surface area contributed by atoms with Crippen molar-refractivity contribution in [3.8, 4) is 0 Å². The number of aromatic carboxylic acids is 1. The minimum absolute atomic E-state index is 0.359. The average molecular weight is 269 g/mol. The highest BCUT2D eigenvalue weighted by Crippen LogP contribution is 2.51. The van der Waals surface area contributed by atoms with E-state index in [4.69, 9.17) is 0 Å². The lowest BCUT2D eigenvalue weighted by molar-refractivity contribution is 0.0699. The van der Waals surface area contributed by atoms with Gasteiger partial charge in [0, 0.05) is 17.6 Å². The standard InChI is InChI=1S/C17H19NO2/c1-17(2)9-11(17)10-18-15-8-7-14(16(19)20)12-5-3-4-6-13(12)15/h3-8,11,18H,9-10H2,1-2H3,(H,19,20). The predicted molar refractivity (Wildman–Crippen MR) is 81.3 cm³/mol. The van der Waals surface area contributed by atoms with Gasteiger partial charge in [-0.25, -0.2) is 4.79 Å². The van der Waals surface area contributed by atoms with Gasteiger partial charge in [-0.2, -0.15) is 0 Å². The predicted octanol–water partition coefficient (Wildman–Crippen LogP) is 4.00. The molecule has 1 atom stereocenters. The number of anilines is 1. The van der Waals surface area contributed by atoms with Gasteiger partial charge in [0.2, 0.25) is 0 Å². The molecule has 3 heteroatoms. The quantitative estimate of drug-likeness (QED) is 0.882. The van der Waals surface area contributed by atoms with Gasteiger partial charge in [0.1, 0.15) is 0 Å². The van der Waals surface area contributed by atoms with Crippen molar-refractivity contribution in [1.29, 1.82) is 0 Å². The maximum absolute atomic E-state index is 11.3. The van der Waals surface area contributed by atoms with Crippen molar-refractivity contribution in [1.82, 2.24) is 0 Å². The monoisotopic (exact) mass is 269 g/mol. The molecular weight excluding hydrogens is 250 g/mol. The number of hydrogen-bond donors (Lipinski definition) is 2. The van der Waals surface area contributed by atoms with Crippen molar-refractivity contribution in [3.63, 3.8) is 0 Å². The minimum Gasteiger partial charge on any atom is -0.478 e. The Bertz CT molecular complexity index is 676. The van der Waals surface area contributed by atoms with E-state index in [0.29, 0.717) is 16.9 Å². The molecule has 0 spiro atoms. The van der Waals surface area contributed by atoms with Gasteiger partial charge in [-0.1, -0.05) is 38.1 Å². The normalized spacial score (nSPS) is 19.8. The van der Waals surface area contributed by atoms with Gasteiger partial charge >= 0.3 is 5.97 Å². The molecule has 0 aromatic heterocycles. The van der Waals surface area contributed by atoms with Gasteiger partial charge < -0.3 is 10.4 Å². The summed E-state index contributed by atoms with van der Waals surface area (Å²) >= 11 is 0. The first-order valence-corrected chi connectivity index (χ1v) is 6.98. The molecule has 1 aliphatic carbocycles. The summed E-state index contributed by atoms with van der Waals surface area (Å²) in [6.07, 6.45) is 1.26. The first kappa shape index (κ1) is 13.0. The lowest BCUT2D eigenvalue weighted by Crippen LogP contribution is -2.08. The number of nitrogens with one attached hydrogen (secondary N) is 1. The third kappa shape index (κ3) is 2.24. The molecule has 0 aliphatic heterocycles. The van der Waals surface area contributed by atoms with E-state index in [1.807, 2.05) is 30.3 Å². The largest absolute Gasteiger partial charge is 0.478 e. The zero-order valence-corrected chi connectivity index (χ0v) is 11.8. The highest BCUT2D eigenvalue weighted by atomic mass is 16.4. The molecule has 0 saturated heterocycles. The summed E-state index contributed by atoms with van der Waals surface area (Å²) < 4.78 is 0. The fraction of sp³-hybridized carbons (Fsp3) is 0.353. The Labute approximate surface area is 118 Å². The number of carbonyl (C=O) groups is 1. The molecule has 104 valence electrons. The zero-order valence-electron chi connectivity index (χ0n) is 11.8. The summed E-state index contributed by atoms with van der Waals surface area (Å²) in [5.41, 5.74) is 1.83. The van der Waals surface area contributed by atoms with E-state index < -0.39 is 5.97 Å². The van der Waals surface area contributed by atoms with Crippen LogP contribution >= 0.6 is 0 Å². The van der Waals surface area contributed by atoms with Crippen LogP contribution in [0.25, 0.3) is 10.8 Å². The summed E-state index contributed by atoms with van der Waals surface area (Å²) in [4.78, 5) is 11.3. The summed E-state index contributed by atoms with van der Waals surface area (Å²) in [7, 11) is 0. The van der Waals surface area contributed by atoms with Crippen LogP contribution in [0.15, 0.2) is 36.4 Å². The molecule has 0 radical (unpaired) electrons. The second-order valence-corrected chi connectivity index (χ2v) is 6.28. The third-order valence-electron chi connectivity index (χ3n) is 4.41. The van der Waals surface area contributed by atoms with Crippen molar-refractivity contribution in [3.05, 3.63) is 42.0 Å². The first-order chi connectivity index (χ1) is 9.49. The summed E-state index contributed by atoms with van der Waals surface area (Å²) in [6, 6.07) is 11.2. The fourth-order valence-electron chi connectivity index (χ4n) is 2.80. The van der Waals surface area contributed by atoms with E-state index in [9.17, 15) is 9.90 Å². The molecule has 2 N–H and O–H groups in total. The molecular formula is C17H19NO2. The minimum atomic E-state index is -0.879. The van der Waals surface area contributed by atoms with E-state index in [-0.39, 0.29) is 0 Å². The lowest BCUT2D eigenvalue weighted by atomic mass is 10.0. The molecule has 2 aromatic carbocycles. The smallest absolute Gasteiger partial charge is 0.336 e. The molecule has 2 aromatic rings. The number of hydrogen-bond acceptors (Lipinski definition) is 2.